The minimum absolute atomic E-state index is 0.129. The van der Waals surface area contributed by atoms with Gasteiger partial charge in [0.2, 0.25) is 5.91 Å². The average molecular weight is 350 g/mol. The van der Waals surface area contributed by atoms with Crippen LogP contribution in [0.1, 0.15) is 51.4 Å². The highest BCUT2D eigenvalue weighted by Gasteiger charge is 2.16. The van der Waals surface area contributed by atoms with Crippen LogP contribution in [0.2, 0.25) is 0 Å². The fourth-order valence-electron chi connectivity index (χ4n) is 3.31. The Hall–Kier alpha value is -2.69. The van der Waals surface area contributed by atoms with E-state index in [1.54, 1.807) is 6.20 Å². The van der Waals surface area contributed by atoms with Gasteiger partial charge in [-0.05, 0) is 38.0 Å². The standard InChI is InChI=1S/C21H26N4O/c1-5-6-7-17-8-13(2)19(12-22-17)20-9-16-11-23-21(25-15(4)26)10-18(16)14(3)24-20/h8-12,17,22H,5-7H2,1-4H3,(H,23,25,26). The first-order valence-corrected chi connectivity index (χ1v) is 9.18. The minimum Gasteiger partial charge on any atom is -0.384 e. The summed E-state index contributed by atoms with van der Waals surface area (Å²) >= 11 is 0. The van der Waals surface area contributed by atoms with Gasteiger partial charge in [0.05, 0.1) is 5.69 Å². The molecule has 0 fully saturated rings. The van der Waals surface area contributed by atoms with E-state index < -0.39 is 0 Å². The van der Waals surface area contributed by atoms with Gasteiger partial charge < -0.3 is 10.6 Å². The molecule has 1 atom stereocenters. The van der Waals surface area contributed by atoms with Gasteiger partial charge in [0.1, 0.15) is 5.82 Å². The van der Waals surface area contributed by atoms with Gasteiger partial charge in [0.15, 0.2) is 0 Å². The molecule has 0 bridgehead atoms. The van der Waals surface area contributed by atoms with E-state index >= 15 is 0 Å². The summed E-state index contributed by atoms with van der Waals surface area (Å²) in [5, 5.41) is 8.23. The normalized spacial score (nSPS) is 16.7. The van der Waals surface area contributed by atoms with E-state index in [2.05, 4.69) is 47.8 Å². The first-order valence-electron chi connectivity index (χ1n) is 9.18. The Labute approximate surface area is 154 Å². The fraction of sp³-hybridized carbons (Fsp3) is 0.381. The van der Waals surface area contributed by atoms with Gasteiger partial charge >= 0.3 is 0 Å². The van der Waals surface area contributed by atoms with Crippen LogP contribution in [0.5, 0.6) is 0 Å². The first-order chi connectivity index (χ1) is 12.5. The topological polar surface area (TPSA) is 66.9 Å². The first kappa shape index (κ1) is 18.1. The van der Waals surface area contributed by atoms with Crippen molar-refractivity contribution in [3.05, 3.63) is 47.6 Å². The van der Waals surface area contributed by atoms with Gasteiger partial charge in [0, 0.05) is 47.4 Å². The van der Waals surface area contributed by atoms with Crippen molar-refractivity contribution in [3.8, 4) is 0 Å². The number of hydrogen-bond acceptors (Lipinski definition) is 4. The van der Waals surface area contributed by atoms with Crippen LogP contribution in [0.15, 0.2) is 36.2 Å². The molecular weight excluding hydrogens is 324 g/mol. The maximum Gasteiger partial charge on any atom is 0.222 e. The Balaban J connectivity index is 1.91. The van der Waals surface area contributed by atoms with Gasteiger partial charge in [0.25, 0.3) is 0 Å². The number of anilines is 1. The number of hydrogen-bond donors (Lipinski definition) is 2. The largest absolute Gasteiger partial charge is 0.384 e. The summed E-state index contributed by atoms with van der Waals surface area (Å²) in [6.07, 6.45) is 9.75. The molecule has 2 N–H and O–H groups in total. The average Bonchev–Trinajstić information content (AvgIpc) is 2.60. The Morgan fingerprint density at radius 2 is 2.12 bits per heavy atom. The monoisotopic (exact) mass is 350 g/mol. The Kier molecular flexibility index (Phi) is 5.35. The summed E-state index contributed by atoms with van der Waals surface area (Å²) in [5.41, 5.74) is 4.24. The van der Waals surface area contributed by atoms with E-state index in [-0.39, 0.29) is 5.91 Å². The highest BCUT2D eigenvalue weighted by atomic mass is 16.1. The lowest BCUT2D eigenvalue weighted by molar-refractivity contribution is -0.114. The number of carbonyl (C=O) groups is 1. The van der Waals surface area contributed by atoms with Gasteiger partial charge in [-0.15, -0.1) is 0 Å². The molecule has 5 heteroatoms. The van der Waals surface area contributed by atoms with Crippen molar-refractivity contribution in [2.75, 3.05) is 5.32 Å². The number of nitrogens with zero attached hydrogens (tertiary/aromatic N) is 2. The lowest BCUT2D eigenvalue weighted by Gasteiger charge is -2.22. The van der Waals surface area contributed by atoms with Crippen LogP contribution in [-0.2, 0) is 4.79 Å². The van der Waals surface area contributed by atoms with Crippen molar-refractivity contribution in [1.29, 1.82) is 0 Å². The lowest BCUT2D eigenvalue weighted by Crippen LogP contribution is -2.25. The number of rotatable bonds is 5. The molecule has 0 saturated carbocycles. The summed E-state index contributed by atoms with van der Waals surface area (Å²) < 4.78 is 0. The molecule has 0 aliphatic carbocycles. The second-order valence-corrected chi connectivity index (χ2v) is 6.89. The maximum atomic E-state index is 11.2. The van der Waals surface area contributed by atoms with Crippen molar-refractivity contribution in [1.82, 2.24) is 15.3 Å². The molecule has 0 radical (unpaired) electrons. The lowest BCUT2D eigenvalue weighted by atomic mass is 9.96. The second-order valence-electron chi connectivity index (χ2n) is 6.89. The van der Waals surface area contributed by atoms with Crippen molar-refractivity contribution < 1.29 is 4.79 Å². The summed E-state index contributed by atoms with van der Waals surface area (Å²) in [6, 6.07) is 4.34. The molecule has 2 aromatic heterocycles. The number of aromatic nitrogens is 2. The van der Waals surface area contributed by atoms with Crippen LogP contribution >= 0.6 is 0 Å². The molecule has 1 amide bonds. The fourth-order valence-corrected chi connectivity index (χ4v) is 3.31. The molecule has 26 heavy (non-hydrogen) atoms. The van der Waals surface area contributed by atoms with E-state index in [1.807, 2.05) is 13.0 Å². The SMILES string of the molecule is CCCCC1C=C(C)C(c2cc3cnc(NC(C)=O)cc3c(C)n2)=CN1. The molecule has 3 heterocycles. The third-order valence-corrected chi connectivity index (χ3v) is 4.67. The molecule has 0 saturated heterocycles. The van der Waals surface area contributed by atoms with E-state index in [1.165, 1.54) is 25.3 Å². The number of nitrogens with one attached hydrogen (secondary N) is 2. The maximum absolute atomic E-state index is 11.2. The van der Waals surface area contributed by atoms with Gasteiger partial charge in [-0.3, -0.25) is 9.78 Å². The van der Waals surface area contributed by atoms with E-state index in [0.29, 0.717) is 11.9 Å². The van der Waals surface area contributed by atoms with Crippen LogP contribution < -0.4 is 10.6 Å². The van der Waals surface area contributed by atoms with Crippen molar-refractivity contribution in [2.24, 2.45) is 0 Å². The zero-order valence-corrected chi connectivity index (χ0v) is 15.9. The highest BCUT2D eigenvalue weighted by molar-refractivity contribution is 5.93. The quantitative estimate of drug-likeness (QED) is 0.841. The van der Waals surface area contributed by atoms with Crippen LogP contribution in [0, 0.1) is 6.92 Å². The molecule has 0 aromatic carbocycles. The van der Waals surface area contributed by atoms with Crippen LogP contribution in [0.4, 0.5) is 5.82 Å². The number of pyridine rings is 2. The van der Waals surface area contributed by atoms with Gasteiger partial charge in [-0.2, -0.15) is 0 Å². The van der Waals surface area contributed by atoms with Crippen LogP contribution in [0.3, 0.4) is 0 Å². The van der Waals surface area contributed by atoms with Gasteiger partial charge in [-0.25, -0.2) is 4.98 Å². The number of unbranched alkanes of at least 4 members (excludes halogenated alkanes) is 1. The van der Waals surface area contributed by atoms with Gasteiger partial charge in [-0.1, -0.05) is 25.8 Å². The molecule has 5 nitrogen and oxygen atoms in total. The van der Waals surface area contributed by atoms with Crippen molar-refractivity contribution in [2.45, 2.75) is 53.0 Å². The predicted octanol–water partition coefficient (Wildman–Crippen LogP) is 4.35. The predicted molar refractivity (Wildman–Crippen MR) is 107 cm³/mol. The summed E-state index contributed by atoms with van der Waals surface area (Å²) in [6.45, 7) is 7.83. The van der Waals surface area contributed by atoms with Crippen molar-refractivity contribution in [3.63, 3.8) is 0 Å². The molecule has 136 valence electrons. The molecular formula is C21H26N4O. The van der Waals surface area contributed by atoms with E-state index in [9.17, 15) is 4.79 Å². The van der Waals surface area contributed by atoms with E-state index in [4.69, 9.17) is 4.98 Å². The number of aryl methyl sites for hydroxylation is 1. The molecule has 2 aromatic rings. The molecule has 1 aliphatic heterocycles. The molecule has 3 rings (SSSR count). The third-order valence-electron chi connectivity index (χ3n) is 4.67. The Morgan fingerprint density at radius 3 is 2.81 bits per heavy atom. The van der Waals surface area contributed by atoms with Crippen LogP contribution in [0.25, 0.3) is 16.3 Å². The third kappa shape index (κ3) is 3.93. The number of dihydropyridines is 1. The molecule has 1 unspecified atom stereocenters. The van der Waals surface area contributed by atoms with Crippen molar-refractivity contribution >= 4 is 28.1 Å². The number of amides is 1. The zero-order valence-electron chi connectivity index (χ0n) is 15.9. The summed E-state index contributed by atoms with van der Waals surface area (Å²) in [4.78, 5) is 20.4. The Morgan fingerprint density at radius 1 is 1.31 bits per heavy atom. The van der Waals surface area contributed by atoms with Crippen LogP contribution in [-0.4, -0.2) is 21.9 Å². The van der Waals surface area contributed by atoms with E-state index in [0.717, 1.165) is 34.2 Å². The smallest absolute Gasteiger partial charge is 0.222 e. The molecule has 1 aliphatic rings. The number of fused-ring (bicyclic) bond motifs is 1. The Bertz CT molecular complexity index is 898. The minimum atomic E-state index is -0.129. The summed E-state index contributed by atoms with van der Waals surface area (Å²) in [7, 11) is 0. The summed E-state index contributed by atoms with van der Waals surface area (Å²) in [5.74, 6) is 0.423. The number of allylic oxidation sites excluding steroid dienone is 2. The second kappa shape index (κ2) is 7.68. The zero-order chi connectivity index (χ0) is 18.7. The number of carbonyl (C=O) groups excluding carboxylic acids is 1. The highest BCUT2D eigenvalue weighted by Crippen LogP contribution is 2.29. The molecule has 0 spiro atoms.